The molecule has 2 aromatic rings. The maximum atomic E-state index is 10.4. The Balaban J connectivity index is 2.10. The molecule has 0 unspecified atom stereocenters. The van der Waals surface area contributed by atoms with Gasteiger partial charge in [-0.3, -0.25) is 0 Å². The Kier molecular flexibility index (Phi) is 5.22. The first kappa shape index (κ1) is 16.4. The Morgan fingerprint density at radius 2 is 1.43 bits per heavy atom. The molecule has 0 aromatic heterocycles. The van der Waals surface area contributed by atoms with Crippen molar-refractivity contribution in [3.63, 3.8) is 0 Å². The largest absolute Gasteiger partial charge is 0.511 e. The number of carboxylic acid groups (broad SMARTS) is 2. The van der Waals surface area contributed by atoms with Gasteiger partial charge in [-0.05, 0) is 35.4 Å². The van der Waals surface area contributed by atoms with Crippen LogP contribution in [0.3, 0.4) is 0 Å². The van der Waals surface area contributed by atoms with E-state index in [1.807, 2.05) is 0 Å². The lowest BCUT2D eigenvalue weighted by Gasteiger charge is -2.03. The zero-order valence-corrected chi connectivity index (χ0v) is 12.4. The van der Waals surface area contributed by atoms with Crippen LogP contribution in [0.2, 0.25) is 5.02 Å². The molecule has 0 aliphatic rings. The first-order valence-corrected chi connectivity index (χ1v) is 6.71. The maximum Gasteiger partial charge on any atom is 0.511 e. The molecule has 0 spiro atoms. The summed E-state index contributed by atoms with van der Waals surface area (Å²) in [6.07, 6.45) is 0.723. The first-order valence-electron chi connectivity index (χ1n) is 6.33. The molecule has 118 valence electrons. The highest BCUT2D eigenvalue weighted by Crippen LogP contribution is 2.24. The fourth-order valence-electron chi connectivity index (χ4n) is 1.74. The molecule has 0 aliphatic heterocycles. The van der Waals surface area contributed by atoms with Crippen molar-refractivity contribution in [3.05, 3.63) is 58.6 Å². The lowest BCUT2D eigenvalue weighted by atomic mass is 10.1. The summed E-state index contributed by atoms with van der Waals surface area (Å²) in [7, 11) is 0. The van der Waals surface area contributed by atoms with Crippen LogP contribution < -0.4 is 9.47 Å². The summed E-state index contributed by atoms with van der Waals surface area (Å²) in [5.41, 5.74) is 1.49. The van der Waals surface area contributed by atoms with Gasteiger partial charge in [0.1, 0.15) is 11.5 Å². The van der Waals surface area contributed by atoms with E-state index in [2.05, 4.69) is 9.47 Å². The molecule has 0 radical (unpaired) electrons. The van der Waals surface area contributed by atoms with Crippen LogP contribution in [-0.4, -0.2) is 22.5 Å². The first-order chi connectivity index (χ1) is 10.9. The molecule has 2 rings (SSSR count). The van der Waals surface area contributed by atoms with E-state index in [1.54, 1.807) is 30.4 Å². The molecular weight excluding hydrogens is 324 g/mol. The Hall–Kier alpha value is -2.99. The van der Waals surface area contributed by atoms with Gasteiger partial charge in [-0.1, -0.05) is 35.9 Å². The van der Waals surface area contributed by atoms with E-state index in [4.69, 9.17) is 21.8 Å². The quantitative estimate of drug-likeness (QED) is 0.481. The molecule has 0 aliphatic carbocycles. The van der Waals surface area contributed by atoms with Crippen LogP contribution in [0.15, 0.2) is 42.5 Å². The zero-order chi connectivity index (χ0) is 16.8. The van der Waals surface area contributed by atoms with Crippen molar-refractivity contribution in [1.82, 2.24) is 0 Å². The third-order valence-electron chi connectivity index (χ3n) is 2.72. The van der Waals surface area contributed by atoms with E-state index in [0.717, 1.165) is 5.56 Å². The van der Waals surface area contributed by atoms with Crippen LogP contribution in [0.1, 0.15) is 11.1 Å². The summed E-state index contributed by atoms with van der Waals surface area (Å²) in [6.45, 7) is 0. The summed E-state index contributed by atoms with van der Waals surface area (Å²) in [4.78, 5) is 20.8. The van der Waals surface area contributed by atoms with Crippen LogP contribution in [0.25, 0.3) is 12.2 Å². The summed E-state index contributed by atoms with van der Waals surface area (Å²) < 4.78 is 9.01. The number of carbonyl (C=O) groups is 2. The Labute approximate surface area is 136 Å². The predicted octanol–water partition coefficient (Wildman–Crippen LogP) is 4.62. The third-order valence-corrected chi connectivity index (χ3v) is 3.05. The van der Waals surface area contributed by atoms with Gasteiger partial charge in [0.2, 0.25) is 0 Å². The van der Waals surface area contributed by atoms with E-state index in [9.17, 15) is 9.59 Å². The number of halogens is 1. The lowest BCUT2D eigenvalue weighted by molar-refractivity contribution is 0.143. The minimum absolute atomic E-state index is 0.134. The molecule has 6 nitrogen and oxygen atoms in total. The van der Waals surface area contributed by atoms with Gasteiger partial charge >= 0.3 is 12.3 Å². The summed E-state index contributed by atoms with van der Waals surface area (Å²) in [5, 5.41) is 17.4. The van der Waals surface area contributed by atoms with Crippen molar-refractivity contribution < 1.29 is 29.3 Å². The van der Waals surface area contributed by atoms with Crippen LogP contribution in [0, 0.1) is 0 Å². The average Bonchev–Trinajstić information content (AvgIpc) is 2.47. The minimum Gasteiger partial charge on any atom is -0.449 e. The van der Waals surface area contributed by atoms with E-state index >= 15 is 0 Å². The number of hydrogen-bond acceptors (Lipinski definition) is 4. The van der Waals surface area contributed by atoms with Gasteiger partial charge < -0.3 is 19.7 Å². The maximum absolute atomic E-state index is 10.4. The Bertz CT molecular complexity index is 752. The Morgan fingerprint density at radius 3 is 2.00 bits per heavy atom. The second-order valence-corrected chi connectivity index (χ2v) is 4.73. The van der Waals surface area contributed by atoms with Gasteiger partial charge in [-0.25, -0.2) is 9.59 Å². The third kappa shape index (κ3) is 5.05. The van der Waals surface area contributed by atoms with Crippen LogP contribution in [0.5, 0.6) is 11.5 Å². The molecule has 0 saturated heterocycles. The molecule has 0 atom stereocenters. The average molecular weight is 335 g/mol. The highest BCUT2D eigenvalue weighted by molar-refractivity contribution is 6.32. The smallest absolute Gasteiger partial charge is 0.449 e. The van der Waals surface area contributed by atoms with Crippen molar-refractivity contribution in [1.29, 1.82) is 0 Å². The zero-order valence-electron chi connectivity index (χ0n) is 11.6. The lowest BCUT2D eigenvalue weighted by Crippen LogP contribution is -2.02. The van der Waals surface area contributed by atoms with Crippen LogP contribution >= 0.6 is 11.6 Å². The standard InChI is InChI=1S/C16H11ClO6/c17-14-9-13(23-16(20)21)8-5-11(14)4-1-10-2-6-12(7-3-10)22-15(18)19/h1-9H,(H,18,19)(H,20,21)/b4-1-. The summed E-state index contributed by atoms with van der Waals surface area (Å²) >= 11 is 6.05. The van der Waals surface area contributed by atoms with Crippen LogP contribution in [0.4, 0.5) is 9.59 Å². The molecule has 0 bridgehead atoms. The number of ether oxygens (including phenoxy) is 2. The van der Waals surface area contributed by atoms with Crippen molar-refractivity contribution in [2.45, 2.75) is 0 Å². The molecule has 0 amide bonds. The monoisotopic (exact) mass is 334 g/mol. The van der Waals surface area contributed by atoms with Crippen LogP contribution in [-0.2, 0) is 0 Å². The van der Waals surface area contributed by atoms with E-state index < -0.39 is 12.3 Å². The molecular formula is C16H11ClO6. The van der Waals surface area contributed by atoms with Gasteiger partial charge in [0.15, 0.2) is 0 Å². The predicted molar refractivity (Wildman–Crippen MR) is 84.1 cm³/mol. The molecule has 7 heteroatoms. The molecule has 23 heavy (non-hydrogen) atoms. The van der Waals surface area contributed by atoms with Gasteiger partial charge in [0, 0.05) is 6.07 Å². The fourth-order valence-corrected chi connectivity index (χ4v) is 1.97. The molecule has 0 heterocycles. The second kappa shape index (κ2) is 7.33. The molecule has 2 aromatic carbocycles. The normalized spacial score (nSPS) is 10.5. The van der Waals surface area contributed by atoms with Crippen molar-refractivity contribution in [2.24, 2.45) is 0 Å². The van der Waals surface area contributed by atoms with Crippen molar-refractivity contribution in [2.75, 3.05) is 0 Å². The molecule has 2 N–H and O–H groups in total. The van der Waals surface area contributed by atoms with Crippen molar-refractivity contribution >= 4 is 36.1 Å². The highest BCUT2D eigenvalue weighted by atomic mass is 35.5. The van der Waals surface area contributed by atoms with Crippen molar-refractivity contribution in [3.8, 4) is 11.5 Å². The topological polar surface area (TPSA) is 93.1 Å². The SMILES string of the molecule is O=C(O)Oc1ccc(/C=C\c2ccc(OC(=O)O)cc2Cl)cc1. The Morgan fingerprint density at radius 1 is 0.870 bits per heavy atom. The van der Waals surface area contributed by atoms with E-state index in [1.165, 1.54) is 24.3 Å². The number of hydrogen-bond donors (Lipinski definition) is 2. The van der Waals surface area contributed by atoms with E-state index in [0.29, 0.717) is 10.6 Å². The minimum atomic E-state index is -1.41. The van der Waals surface area contributed by atoms with Gasteiger partial charge in [0.05, 0.1) is 5.02 Å². The number of benzene rings is 2. The molecule has 0 saturated carbocycles. The van der Waals surface area contributed by atoms with Gasteiger partial charge in [0.25, 0.3) is 0 Å². The van der Waals surface area contributed by atoms with Gasteiger partial charge in [-0.2, -0.15) is 0 Å². The highest BCUT2D eigenvalue weighted by Gasteiger charge is 2.04. The molecule has 0 fully saturated rings. The fraction of sp³-hybridized carbons (Fsp3) is 0. The summed E-state index contributed by atoms with van der Waals surface area (Å²) in [5.74, 6) is 0.359. The summed E-state index contributed by atoms with van der Waals surface area (Å²) in [6, 6.07) is 10.9. The van der Waals surface area contributed by atoms with E-state index in [-0.39, 0.29) is 11.5 Å². The van der Waals surface area contributed by atoms with Gasteiger partial charge in [-0.15, -0.1) is 0 Å². The second-order valence-electron chi connectivity index (χ2n) is 4.32. The number of rotatable bonds is 4.